The predicted molar refractivity (Wildman–Crippen MR) is 70.3 cm³/mol. The highest BCUT2D eigenvalue weighted by Gasteiger charge is 2.15. The number of halogens is 2. The molecule has 0 spiro atoms. The molecule has 18 heavy (non-hydrogen) atoms. The van der Waals surface area contributed by atoms with Gasteiger partial charge in [0.15, 0.2) is 0 Å². The van der Waals surface area contributed by atoms with Gasteiger partial charge in [-0.2, -0.15) is 20.5 Å². The van der Waals surface area contributed by atoms with Gasteiger partial charge in [0.25, 0.3) is 0 Å². The second kappa shape index (κ2) is 6.95. The van der Waals surface area contributed by atoms with Gasteiger partial charge in [-0.15, -0.1) is 0 Å². The van der Waals surface area contributed by atoms with E-state index in [9.17, 15) is 8.78 Å². The monoisotopic (exact) mass is 273 g/mol. The standard InChI is InChI=1S/C13H17F2NOS/c14-13(15)17-12-6-2-1-4-10(12)8-16-9-11-5-3-7-18-11/h1-2,4,6,11,13,16H,3,5,7-9H2. The van der Waals surface area contributed by atoms with Gasteiger partial charge in [0, 0.05) is 23.9 Å². The maximum atomic E-state index is 12.2. The zero-order chi connectivity index (χ0) is 12.8. The second-order valence-corrected chi connectivity index (χ2v) is 5.66. The summed E-state index contributed by atoms with van der Waals surface area (Å²) in [5, 5.41) is 3.97. The molecule has 0 bridgehead atoms. The summed E-state index contributed by atoms with van der Waals surface area (Å²) in [5.41, 5.74) is 0.779. The van der Waals surface area contributed by atoms with Crippen LogP contribution in [-0.2, 0) is 6.54 Å². The number of hydrogen-bond acceptors (Lipinski definition) is 3. The fraction of sp³-hybridized carbons (Fsp3) is 0.538. The predicted octanol–water partition coefficient (Wildman–Crippen LogP) is 3.27. The maximum Gasteiger partial charge on any atom is 0.387 e. The first-order valence-electron chi connectivity index (χ1n) is 6.11. The molecule has 1 saturated heterocycles. The molecule has 0 saturated carbocycles. The van der Waals surface area contributed by atoms with Gasteiger partial charge in [-0.3, -0.25) is 0 Å². The lowest BCUT2D eigenvalue weighted by atomic mass is 10.2. The zero-order valence-electron chi connectivity index (χ0n) is 10.1. The van der Waals surface area contributed by atoms with Crippen LogP contribution in [0.1, 0.15) is 18.4 Å². The molecule has 1 aliphatic rings. The SMILES string of the molecule is FC(F)Oc1ccccc1CNCC1CCCS1. The molecule has 1 aliphatic heterocycles. The Hall–Kier alpha value is -0.810. The summed E-state index contributed by atoms with van der Waals surface area (Å²) in [4.78, 5) is 0. The highest BCUT2D eigenvalue weighted by Crippen LogP contribution is 2.25. The number of alkyl halides is 2. The van der Waals surface area contributed by atoms with Crippen molar-refractivity contribution in [3.8, 4) is 5.75 Å². The third-order valence-electron chi connectivity index (χ3n) is 2.90. The molecule has 1 aromatic rings. The minimum absolute atomic E-state index is 0.263. The van der Waals surface area contributed by atoms with Crippen molar-refractivity contribution in [2.75, 3.05) is 12.3 Å². The van der Waals surface area contributed by atoms with Crippen LogP contribution in [0.2, 0.25) is 0 Å². The van der Waals surface area contributed by atoms with Crippen LogP contribution in [0.5, 0.6) is 5.75 Å². The van der Waals surface area contributed by atoms with Crippen LogP contribution in [0.4, 0.5) is 8.78 Å². The summed E-state index contributed by atoms with van der Waals surface area (Å²) in [6, 6.07) is 6.92. The smallest absolute Gasteiger partial charge is 0.387 e. The van der Waals surface area contributed by atoms with Gasteiger partial charge in [0.1, 0.15) is 5.75 Å². The van der Waals surface area contributed by atoms with E-state index in [1.54, 1.807) is 12.1 Å². The van der Waals surface area contributed by atoms with Gasteiger partial charge in [-0.1, -0.05) is 18.2 Å². The normalized spacial score (nSPS) is 19.4. The Balaban J connectivity index is 1.83. The van der Waals surface area contributed by atoms with Crippen molar-refractivity contribution in [3.63, 3.8) is 0 Å². The molecule has 1 fully saturated rings. The number of benzene rings is 1. The molecule has 1 N–H and O–H groups in total. The summed E-state index contributed by atoms with van der Waals surface area (Å²) in [6.07, 6.45) is 2.52. The average molecular weight is 273 g/mol. The number of nitrogens with one attached hydrogen (secondary N) is 1. The molecular formula is C13H17F2NOS. The van der Waals surface area contributed by atoms with E-state index < -0.39 is 6.61 Å². The van der Waals surface area contributed by atoms with E-state index in [-0.39, 0.29) is 5.75 Å². The van der Waals surface area contributed by atoms with Crippen molar-refractivity contribution < 1.29 is 13.5 Å². The Kier molecular flexibility index (Phi) is 5.26. The summed E-state index contributed by atoms with van der Waals surface area (Å²) in [5.74, 6) is 1.50. The minimum Gasteiger partial charge on any atom is -0.434 e. The van der Waals surface area contributed by atoms with Crippen molar-refractivity contribution >= 4 is 11.8 Å². The van der Waals surface area contributed by atoms with E-state index in [1.165, 1.54) is 18.6 Å². The number of thioether (sulfide) groups is 1. The Bertz CT molecular complexity index is 370. The molecule has 2 rings (SSSR count). The van der Waals surface area contributed by atoms with E-state index in [2.05, 4.69) is 10.1 Å². The van der Waals surface area contributed by atoms with Crippen LogP contribution in [-0.4, -0.2) is 24.2 Å². The van der Waals surface area contributed by atoms with Crippen molar-refractivity contribution in [3.05, 3.63) is 29.8 Å². The Labute approximate surface area is 110 Å². The molecule has 0 radical (unpaired) electrons. The topological polar surface area (TPSA) is 21.3 Å². The molecule has 0 aliphatic carbocycles. The van der Waals surface area contributed by atoms with Gasteiger partial charge in [0.05, 0.1) is 0 Å². The highest BCUT2D eigenvalue weighted by molar-refractivity contribution is 8.00. The average Bonchev–Trinajstić information content (AvgIpc) is 2.84. The van der Waals surface area contributed by atoms with Crippen molar-refractivity contribution in [2.24, 2.45) is 0 Å². The first kappa shape index (κ1) is 13.6. The molecular weight excluding hydrogens is 256 g/mol. The fourth-order valence-corrected chi connectivity index (χ4v) is 3.27. The van der Waals surface area contributed by atoms with Crippen molar-refractivity contribution in [1.29, 1.82) is 0 Å². The van der Waals surface area contributed by atoms with Crippen LogP contribution >= 0.6 is 11.8 Å². The van der Waals surface area contributed by atoms with Crippen LogP contribution in [0.3, 0.4) is 0 Å². The summed E-state index contributed by atoms with van der Waals surface area (Å²) in [6.45, 7) is -1.27. The van der Waals surface area contributed by atoms with Gasteiger partial charge in [-0.25, -0.2) is 0 Å². The Morgan fingerprint density at radius 1 is 1.39 bits per heavy atom. The molecule has 100 valence electrons. The lowest BCUT2D eigenvalue weighted by Gasteiger charge is -2.13. The molecule has 1 unspecified atom stereocenters. The Morgan fingerprint density at radius 3 is 2.94 bits per heavy atom. The minimum atomic E-state index is -2.77. The van der Waals surface area contributed by atoms with Crippen LogP contribution in [0, 0.1) is 0 Å². The van der Waals surface area contributed by atoms with E-state index in [1.807, 2.05) is 23.9 Å². The van der Waals surface area contributed by atoms with Crippen LogP contribution in [0.25, 0.3) is 0 Å². The quantitative estimate of drug-likeness (QED) is 0.859. The van der Waals surface area contributed by atoms with Crippen LogP contribution < -0.4 is 10.1 Å². The Morgan fingerprint density at radius 2 is 2.22 bits per heavy atom. The van der Waals surface area contributed by atoms with E-state index >= 15 is 0 Å². The number of hydrogen-bond donors (Lipinski definition) is 1. The van der Waals surface area contributed by atoms with Gasteiger partial charge < -0.3 is 10.1 Å². The van der Waals surface area contributed by atoms with Gasteiger partial charge in [-0.05, 0) is 24.7 Å². The molecule has 1 aromatic carbocycles. The first-order valence-corrected chi connectivity index (χ1v) is 7.15. The largest absolute Gasteiger partial charge is 0.434 e. The molecule has 1 atom stereocenters. The number of para-hydroxylation sites is 1. The van der Waals surface area contributed by atoms with Crippen LogP contribution in [0.15, 0.2) is 24.3 Å². The third-order valence-corrected chi connectivity index (χ3v) is 4.30. The number of rotatable bonds is 6. The number of ether oxygens (including phenoxy) is 1. The zero-order valence-corrected chi connectivity index (χ0v) is 10.9. The third kappa shape index (κ3) is 4.14. The molecule has 1 heterocycles. The molecule has 2 nitrogen and oxygen atoms in total. The van der Waals surface area contributed by atoms with E-state index in [4.69, 9.17) is 0 Å². The summed E-state index contributed by atoms with van der Waals surface area (Å²) < 4.78 is 28.9. The summed E-state index contributed by atoms with van der Waals surface area (Å²) >= 11 is 1.98. The first-order chi connectivity index (χ1) is 8.75. The lowest BCUT2D eigenvalue weighted by molar-refractivity contribution is -0.0504. The fourth-order valence-electron chi connectivity index (χ4n) is 2.03. The molecule has 0 aromatic heterocycles. The van der Waals surface area contributed by atoms with Gasteiger partial charge >= 0.3 is 6.61 Å². The van der Waals surface area contributed by atoms with E-state index in [0.29, 0.717) is 11.8 Å². The van der Waals surface area contributed by atoms with Gasteiger partial charge in [0.2, 0.25) is 0 Å². The van der Waals surface area contributed by atoms with E-state index in [0.717, 1.165) is 12.1 Å². The lowest BCUT2D eigenvalue weighted by Crippen LogP contribution is -2.23. The van der Waals surface area contributed by atoms with Crippen molar-refractivity contribution in [1.82, 2.24) is 5.32 Å². The second-order valence-electron chi connectivity index (χ2n) is 4.25. The van der Waals surface area contributed by atoms with Crippen molar-refractivity contribution in [2.45, 2.75) is 31.2 Å². The highest BCUT2D eigenvalue weighted by atomic mass is 32.2. The molecule has 0 amide bonds. The maximum absolute atomic E-state index is 12.2. The summed E-state index contributed by atoms with van der Waals surface area (Å²) in [7, 11) is 0. The molecule has 5 heteroatoms.